The zero-order chi connectivity index (χ0) is 18.6. The molecule has 1 N–H and O–H groups in total. The number of rotatable bonds is 5. The van der Waals surface area contributed by atoms with Crippen LogP contribution in [-0.2, 0) is 13.0 Å². The average molecular weight is 360 g/mol. The Morgan fingerprint density at radius 2 is 1.89 bits per heavy atom. The maximum absolute atomic E-state index is 13.6. The molecule has 0 atom stereocenters. The Morgan fingerprint density at radius 1 is 1.04 bits per heavy atom. The van der Waals surface area contributed by atoms with Crippen LogP contribution in [0.1, 0.15) is 5.56 Å². The summed E-state index contributed by atoms with van der Waals surface area (Å²) in [7, 11) is 0. The molecule has 4 aromatic rings. The topological polar surface area (TPSA) is 59.8 Å². The number of pyridine rings is 1. The Hall–Kier alpha value is -3.54. The van der Waals surface area contributed by atoms with Gasteiger partial charge in [0.15, 0.2) is 0 Å². The lowest BCUT2D eigenvalue weighted by molar-refractivity contribution is 0.628. The number of benzene rings is 2. The van der Waals surface area contributed by atoms with Gasteiger partial charge in [0.1, 0.15) is 5.82 Å². The van der Waals surface area contributed by atoms with Gasteiger partial charge in [0, 0.05) is 12.7 Å². The van der Waals surface area contributed by atoms with Gasteiger partial charge >= 0.3 is 0 Å². The van der Waals surface area contributed by atoms with Crippen molar-refractivity contribution in [1.82, 2.24) is 14.5 Å². The van der Waals surface area contributed by atoms with Gasteiger partial charge in [0.25, 0.3) is 5.56 Å². The summed E-state index contributed by atoms with van der Waals surface area (Å²) in [6, 6.07) is 17.6. The third kappa shape index (κ3) is 3.69. The van der Waals surface area contributed by atoms with Crippen molar-refractivity contribution in [3.05, 3.63) is 94.8 Å². The average Bonchev–Trinajstić information content (AvgIpc) is 2.70. The van der Waals surface area contributed by atoms with E-state index in [1.807, 2.05) is 36.4 Å². The Bertz CT molecular complexity index is 1130. The molecule has 2 aromatic heterocycles. The molecular formula is C21H17FN4O. The van der Waals surface area contributed by atoms with Crippen molar-refractivity contribution in [1.29, 1.82) is 0 Å². The van der Waals surface area contributed by atoms with E-state index >= 15 is 0 Å². The van der Waals surface area contributed by atoms with Crippen LogP contribution in [0.15, 0.2) is 77.9 Å². The van der Waals surface area contributed by atoms with E-state index in [1.54, 1.807) is 23.0 Å². The van der Waals surface area contributed by atoms with Crippen LogP contribution in [0.4, 0.5) is 16.0 Å². The molecule has 0 radical (unpaired) electrons. The van der Waals surface area contributed by atoms with Crippen LogP contribution in [0.3, 0.4) is 0 Å². The number of nitrogens with zero attached hydrogens (tertiary/aromatic N) is 3. The van der Waals surface area contributed by atoms with Crippen molar-refractivity contribution in [2.75, 3.05) is 5.32 Å². The second-order valence-corrected chi connectivity index (χ2v) is 6.16. The molecular weight excluding hydrogens is 343 g/mol. The Labute approximate surface area is 155 Å². The Morgan fingerprint density at radius 3 is 2.67 bits per heavy atom. The highest BCUT2D eigenvalue weighted by Gasteiger charge is 2.12. The Balaban J connectivity index is 1.78. The summed E-state index contributed by atoms with van der Waals surface area (Å²) in [6.45, 7) is 0.422. The van der Waals surface area contributed by atoms with Crippen molar-refractivity contribution in [3.8, 4) is 0 Å². The van der Waals surface area contributed by atoms with E-state index in [0.717, 1.165) is 11.3 Å². The molecule has 0 bridgehead atoms. The number of halogens is 1. The van der Waals surface area contributed by atoms with Gasteiger partial charge in [-0.1, -0.05) is 30.3 Å². The van der Waals surface area contributed by atoms with Crippen LogP contribution in [0.5, 0.6) is 0 Å². The van der Waals surface area contributed by atoms with Crippen LogP contribution in [0.2, 0.25) is 0 Å². The van der Waals surface area contributed by atoms with Gasteiger partial charge < -0.3 is 5.32 Å². The number of aryl methyl sites for hydroxylation is 1. The van der Waals surface area contributed by atoms with Crippen molar-refractivity contribution in [2.24, 2.45) is 0 Å². The molecule has 0 saturated heterocycles. The van der Waals surface area contributed by atoms with E-state index in [-0.39, 0.29) is 10.9 Å². The molecule has 0 aliphatic rings. The lowest BCUT2D eigenvalue weighted by Gasteiger charge is -2.15. The standard InChI is InChI=1S/C21H17FN4O/c22-16-8-9-19-18(13-16)20(27)26(12-10-15-5-2-1-3-6-15)21(25-19)24-17-7-4-11-23-14-17/h1-9,11,13-14H,10,12H2,(H,24,25). The molecule has 0 fully saturated rings. The van der Waals surface area contributed by atoms with Gasteiger partial charge in [0.2, 0.25) is 5.95 Å². The van der Waals surface area contributed by atoms with Gasteiger partial charge in [-0.15, -0.1) is 0 Å². The number of anilines is 2. The number of nitrogens with one attached hydrogen (secondary N) is 1. The predicted molar refractivity (Wildman–Crippen MR) is 104 cm³/mol. The quantitative estimate of drug-likeness (QED) is 0.586. The number of hydrogen-bond donors (Lipinski definition) is 1. The normalized spacial score (nSPS) is 10.9. The van der Waals surface area contributed by atoms with Crippen molar-refractivity contribution in [3.63, 3.8) is 0 Å². The molecule has 0 aliphatic carbocycles. The highest BCUT2D eigenvalue weighted by Crippen LogP contribution is 2.17. The fourth-order valence-electron chi connectivity index (χ4n) is 2.95. The number of hydrogen-bond acceptors (Lipinski definition) is 4. The Kier molecular flexibility index (Phi) is 4.61. The lowest BCUT2D eigenvalue weighted by Crippen LogP contribution is -2.25. The molecule has 0 saturated carbocycles. The molecule has 2 aromatic carbocycles. The van der Waals surface area contributed by atoms with Gasteiger partial charge in [-0.25, -0.2) is 9.37 Å². The third-order valence-electron chi connectivity index (χ3n) is 4.30. The predicted octanol–water partition coefficient (Wildman–Crippen LogP) is 3.92. The van der Waals surface area contributed by atoms with Gasteiger partial charge in [-0.3, -0.25) is 14.3 Å². The highest BCUT2D eigenvalue weighted by molar-refractivity contribution is 5.79. The molecule has 0 spiro atoms. The minimum absolute atomic E-state index is 0.264. The molecule has 134 valence electrons. The van der Waals surface area contributed by atoms with Gasteiger partial charge in [-0.05, 0) is 42.3 Å². The van der Waals surface area contributed by atoms with E-state index in [2.05, 4.69) is 15.3 Å². The fraction of sp³-hybridized carbons (Fsp3) is 0.0952. The lowest BCUT2D eigenvalue weighted by atomic mass is 10.1. The molecule has 0 unspecified atom stereocenters. The van der Waals surface area contributed by atoms with Crippen LogP contribution in [0, 0.1) is 5.82 Å². The van der Waals surface area contributed by atoms with Crippen molar-refractivity contribution >= 4 is 22.5 Å². The van der Waals surface area contributed by atoms with Gasteiger partial charge in [0.05, 0.1) is 22.8 Å². The maximum Gasteiger partial charge on any atom is 0.262 e. The summed E-state index contributed by atoms with van der Waals surface area (Å²) in [5.41, 5.74) is 2.00. The first-order valence-corrected chi connectivity index (χ1v) is 8.62. The molecule has 27 heavy (non-hydrogen) atoms. The minimum Gasteiger partial charge on any atom is -0.324 e. The summed E-state index contributed by atoms with van der Waals surface area (Å²) >= 11 is 0. The van der Waals surface area contributed by atoms with Crippen LogP contribution in [0.25, 0.3) is 10.9 Å². The van der Waals surface area contributed by atoms with E-state index in [1.165, 1.54) is 18.2 Å². The van der Waals surface area contributed by atoms with Crippen molar-refractivity contribution in [2.45, 2.75) is 13.0 Å². The maximum atomic E-state index is 13.6. The molecule has 6 heteroatoms. The molecule has 2 heterocycles. The summed E-state index contributed by atoms with van der Waals surface area (Å²) < 4.78 is 15.2. The molecule has 0 amide bonds. The zero-order valence-corrected chi connectivity index (χ0v) is 14.5. The molecule has 0 aliphatic heterocycles. The third-order valence-corrected chi connectivity index (χ3v) is 4.30. The number of fused-ring (bicyclic) bond motifs is 1. The second-order valence-electron chi connectivity index (χ2n) is 6.16. The second kappa shape index (κ2) is 7.37. The first-order chi connectivity index (χ1) is 13.2. The van der Waals surface area contributed by atoms with Crippen LogP contribution in [-0.4, -0.2) is 14.5 Å². The zero-order valence-electron chi connectivity index (χ0n) is 14.5. The van der Waals surface area contributed by atoms with E-state index in [9.17, 15) is 9.18 Å². The highest BCUT2D eigenvalue weighted by atomic mass is 19.1. The smallest absolute Gasteiger partial charge is 0.262 e. The summed E-state index contributed by atoms with van der Waals surface area (Å²) in [6.07, 6.45) is 3.98. The van der Waals surface area contributed by atoms with E-state index < -0.39 is 5.82 Å². The minimum atomic E-state index is -0.455. The summed E-state index contributed by atoms with van der Waals surface area (Å²) in [5, 5.41) is 3.42. The number of aromatic nitrogens is 3. The van der Waals surface area contributed by atoms with Crippen LogP contribution < -0.4 is 10.9 Å². The van der Waals surface area contributed by atoms with Crippen molar-refractivity contribution < 1.29 is 4.39 Å². The summed E-state index contributed by atoms with van der Waals surface area (Å²) in [4.78, 5) is 21.6. The van der Waals surface area contributed by atoms with Gasteiger partial charge in [-0.2, -0.15) is 0 Å². The summed E-state index contributed by atoms with van der Waals surface area (Å²) in [5.74, 6) is -0.0491. The van der Waals surface area contributed by atoms with Crippen LogP contribution >= 0.6 is 0 Å². The fourth-order valence-corrected chi connectivity index (χ4v) is 2.95. The first-order valence-electron chi connectivity index (χ1n) is 8.62. The monoisotopic (exact) mass is 360 g/mol. The van der Waals surface area contributed by atoms with E-state index in [0.29, 0.717) is 24.4 Å². The largest absolute Gasteiger partial charge is 0.324 e. The first kappa shape index (κ1) is 16.9. The molecule has 5 nitrogen and oxygen atoms in total. The van der Waals surface area contributed by atoms with E-state index in [4.69, 9.17) is 0 Å². The SMILES string of the molecule is O=c1c2cc(F)ccc2nc(Nc2cccnc2)n1CCc1ccccc1. The molecule has 4 rings (SSSR count).